The van der Waals surface area contributed by atoms with E-state index in [0.717, 1.165) is 12.1 Å². The summed E-state index contributed by atoms with van der Waals surface area (Å²) in [7, 11) is 1.88. The summed E-state index contributed by atoms with van der Waals surface area (Å²) in [4.78, 5) is 16.5. The highest BCUT2D eigenvalue weighted by Gasteiger charge is 2.24. The van der Waals surface area contributed by atoms with E-state index >= 15 is 0 Å². The van der Waals surface area contributed by atoms with E-state index < -0.39 is 17.2 Å². The molecule has 0 aliphatic heterocycles. The Balaban J connectivity index is 0.00000625. The second-order valence-electron chi connectivity index (χ2n) is 7.58. The predicted molar refractivity (Wildman–Crippen MR) is 115 cm³/mol. The van der Waals surface area contributed by atoms with Gasteiger partial charge in [0.25, 0.3) is 0 Å². The highest BCUT2D eigenvalue weighted by atomic mass is 127. The molecular weight excluding hydrogens is 447 g/mol. The molecule has 0 unspecified atom stereocenters. The van der Waals surface area contributed by atoms with E-state index in [1.807, 2.05) is 54.8 Å². The van der Waals surface area contributed by atoms with E-state index in [2.05, 4.69) is 26.0 Å². The minimum atomic E-state index is -0.520. The standard InChI is InChI=1S/C17H32N6O2.HI/c1-8-18-14(19-9-13-10-21-23(7)11-13)20-12-17(5,6)22-15(24)25-16(2,3)4;/h10-11H,8-9,12H2,1-7H3,(H,22,24)(H2,18,19,20);1H. The molecule has 0 saturated heterocycles. The average Bonchev–Trinajstić information content (AvgIpc) is 2.85. The summed E-state index contributed by atoms with van der Waals surface area (Å²) in [6, 6.07) is 0. The van der Waals surface area contributed by atoms with Crippen molar-refractivity contribution in [3.63, 3.8) is 0 Å². The molecule has 0 aromatic carbocycles. The van der Waals surface area contributed by atoms with Crippen molar-refractivity contribution >= 4 is 36.0 Å². The Kier molecular flexibility index (Phi) is 9.97. The predicted octanol–water partition coefficient (Wildman–Crippen LogP) is 2.40. The number of nitrogens with one attached hydrogen (secondary N) is 3. The van der Waals surface area contributed by atoms with Gasteiger partial charge >= 0.3 is 6.09 Å². The van der Waals surface area contributed by atoms with Crippen LogP contribution in [0.1, 0.15) is 47.1 Å². The number of aromatic nitrogens is 2. The average molecular weight is 480 g/mol. The molecule has 0 bridgehead atoms. The summed E-state index contributed by atoms with van der Waals surface area (Å²) in [5.74, 6) is 0.686. The molecule has 26 heavy (non-hydrogen) atoms. The second-order valence-corrected chi connectivity index (χ2v) is 7.58. The highest BCUT2D eigenvalue weighted by Crippen LogP contribution is 2.09. The molecule has 0 aliphatic carbocycles. The van der Waals surface area contributed by atoms with Gasteiger partial charge < -0.3 is 20.7 Å². The molecule has 1 rings (SSSR count). The first-order valence-corrected chi connectivity index (χ1v) is 8.51. The van der Waals surface area contributed by atoms with Gasteiger partial charge in [-0.3, -0.25) is 4.68 Å². The minimum absolute atomic E-state index is 0. The van der Waals surface area contributed by atoms with Gasteiger partial charge in [0, 0.05) is 31.9 Å². The molecule has 0 atom stereocenters. The summed E-state index contributed by atoms with van der Waals surface area (Å²) in [5, 5.41) is 13.4. The quantitative estimate of drug-likeness (QED) is 0.331. The lowest BCUT2D eigenvalue weighted by molar-refractivity contribution is 0.0474. The van der Waals surface area contributed by atoms with Crippen molar-refractivity contribution in [2.75, 3.05) is 13.1 Å². The number of carbonyl (C=O) groups excluding carboxylic acids is 1. The van der Waals surface area contributed by atoms with Crippen molar-refractivity contribution in [3.05, 3.63) is 18.0 Å². The topological polar surface area (TPSA) is 92.6 Å². The number of nitrogens with zero attached hydrogens (tertiary/aromatic N) is 3. The Morgan fingerprint density at radius 3 is 2.42 bits per heavy atom. The van der Waals surface area contributed by atoms with Gasteiger partial charge in [-0.05, 0) is 41.5 Å². The number of aliphatic imine (C=N–C) groups is 1. The molecule has 3 N–H and O–H groups in total. The first-order valence-electron chi connectivity index (χ1n) is 8.51. The first kappa shape index (κ1) is 24.5. The number of guanidine groups is 1. The Hall–Kier alpha value is -1.52. The van der Waals surface area contributed by atoms with E-state index in [1.54, 1.807) is 10.9 Å². The fourth-order valence-corrected chi connectivity index (χ4v) is 1.99. The number of rotatable bonds is 6. The molecule has 150 valence electrons. The van der Waals surface area contributed by atoms with E-state index in [9.17, 15) is 4.79 Å². The third-order valence-electron chi connectivity index (χ3n) is 3.06. The number of hydrogen-bond acceptors (Lipinski definition) is 4. The molecule has 8 nitrogen and oxygen atoms in total. The SMILES string of the molecule is CCNC(=NCc1cnn(C)c1)NCC(C)(C)NC(=O)OC(C)(C)C.I. The normalized spacial score (nSPS) is 12.2. The number of ether oxygens (including phenoxy) is 1. The first-order chi connectivity index (χ1) is 11.5. The molecule has 1 aromatic heterocycles. The number of hydrogen-bond donors (Lipinski definition) is 3. The van der Waals surface area contributed by atoms with Crippen LogP contribution in [0.2, 0.25) is 0 Å². The van der Waals surface area contributed by atoms with Gasteiger partial charge in [0.15, 0.2) is 5.96 Å². The van der Waals surface area contributed by atoms with Crippen LogP contribution in [0.4, 0.5) is 4.79 Å². The monoisotopic (exact) mass is 480 g/mol. The van der Waals surface area contributed by atoms with Crippen LogP contribution in [0.5, 0.6) is 0 Å². The zero-order valence-corrected chi connectivity index (χ0v) is 19.2. The van der Waals surface area contributed by atoms with Crippen LogP contribution in [0.25, 0.3) is 0 Å². The third-order valence-corrected chi connectivity index (χ3v) is 3.06. The second kappa shape index (κ2) is 10.6. The third kappa shape index (κ3) is 10.5. The van der Waals surface area contributed by atoms with Gasteiger partial charge in [0.2, 0.25) is 0 Å². The van der Waals surface area contributed by atoms with Crippen molar-refractivity contribution in [1.29, 1.82) is 0 Å². The van der Waals surface area contributed by atoms with E-state index in [4.69, 9.17) is 4.74 Å². The van der Waals surface area contributed by atoms with Crippen LogP contribution in [0.3, 0.4) is 0 Å². The molecular formula is C17H33IN6O2. The van der Waals surface area contributed by atoms with Crippen molar-refractivity contribution in [2.45, 2.75) is 59.2 Å². The fourth-order valence-electron chi connectivity index (χ4n) is 1.99. The molecule has 1 aromatic rings. The lowest BCUT2D eigenvalue weighted by atomic mass is 10.1. The number of halogens is 1. The fraction of sp³-hybridized carbons (Fsp3) is 0.706. The largest absolute Gasteiger partial charge is 0.444 e. The highest BCUT2D eigenvalue weighted by molar-refractivity contribution is 14.0. The molecule has 0 aliphatic rings. The maximum Gasteiger partial charge on any atom is 0.408 e. The Morgan fingerprint density at radius 2 is 1.92 bits per heavy atom. The summed E-state index contributed by atoms with van der Waals surface area (Å²) >= 11 is 0. The van der Waals surface area contributed by atoms with Crippen LogP contribution in [-0.2, 0) is 18.3 Å². The molecule has 1 amide bonds. The molecule has 1 heterocycles. The Morgan fingerprint density at radius 1 is 1.27 bits per heavy atom. The molecule has 0 spiro atoms. The van der Waals surface area contributed by atoms with E-state index in [1.165, 1.54) is 0 Å². The summed E-state index contributed by atoms with van der Waals surface area (Å²) in [6.45, 7) is 13.2. The summed E-state index contributed by atoms with van der Waals surface area (Å²) < 4.78 is 7.05. The Bertz CT molecular complexity index is 592. The van der Waals surface area contributed by atoms with Gasteiger partial charge in [0.05, 0.1) is 18.3 Å². The van der Waals surface area contributed by atoms with Gasteiger partial charge in [-0.25, -0.2) is 9.79 Å². The maximum atomic E-state index is 11.9. The number of aryl methyl sites for hydroxylation is 1. The van der Waals surface area contributed by atoms with Gasteiger partial charge in [-0.1, -0.05) is 0 Å². The number of amides is 1. The van der Waals surface area contributed by atoms with Crippen molar-refractivity contribution in [3.8, 4) is 0 Å². The summed E-state index contributed by atoms with van der Waals surface area (Å²) in [5.41, 5.74) is 0.0198. The van der Waals surface area contributed by atoms with Crippen molar-refractivity contribution < 1.29 is 9.53 Å². The van der Waals surface area contributed by atoms with Crippen molar-refractivity contribution in [2.24, 2.45) is 12.0 Å². The molecule has 0 radical (unpaired) electrons. The maximum absolute atomic E-state index is 11.9. The Labute approximate surface area is 173 Å². The van der Waals surface area contributed by atoms with Crippen LogP contribution >= 0.6 is 24.0 Å². The number of carbonyl (C=O) groups is 1. The van der Waals surface area contributed by atoms with Crippen LogP contribution in [0, 0.1) is 0 Å². The molecule has 9 heteroatoms. The van der Waals surface area contributed by atoms with Crippen LogP contribution in [-0.4, -0.2) is 46.1 Å². The summed E-state index contributed by atoms with van der Waals surface area (Å²) in [6.07, 6.45) is 3.29. The molecule has 0 saturated carbocycles. The van der Waals surface area contributed by atoms with Crippen LogP contribution < -0.4 is 16.0 Å². The zero-order chi connectivity index (χ0) is 19.1. The van der Waals surface area contributed by atoms with Crippen molar-refractivity contribution in [1.82, 2.24) is 25.7 Å². The van der Waals surface area contributed by atoms with Gasteiger partial charge in [-0.15, -0.1) is 24.0 Å². The van der Waals surface area contributed by atoms with E-state index in [0.29, 0.717) is 19.0 Å². The lowest BCUT2D eigenvalue weighted by Crippen LogP contribution is -2.54. The van der Waals surface area contributed by atoms with Gasteiger partial charge in [0.1, 0.15) is 5.60 Å². The minimum Gasteiger partial charge on any atom is -0.444 e. The smallest absolute Gasteiger partial charge is 0.408 e. The van der Waals surface area contributed by atoms with E-state index in [-0.39, 0.29) is 24.0 Å². The van der Waals surface area contributed by atoms with Gasteiger partial charge in [-0.2, -0.15) is 5.10 Å². The number of alkyl carbamates (subject to hydrolysis) is 1. The lowest BCUT2D eigenvalue weighted by Gasteiger charge is -2.29. The molecule has 0 fully saturated rings. The zero-order valence-electron chi connectivity index (χ0n) is 16.8. The van der Waals surface area contributed by atoms with Crippen LogP contribution in [0.15, 0.2) is 17.4 Å².